The molecule has 0 saturated carbocycles. The van der Waals surface area contributed by atoms with Gasteiger partial charge in [-0.15, -0.1) is 0 Å². The van der Waals surface area contributed by atoms with Gasteiger partial charge in [-0.2, -0.15) is 0 Å². The van der Waals surface area contributed by atoms with E-state index in [0.29, 0.717) is 12.1 Å². The first-order valence-electron chi connectivity index (χ1n) is 9.74. The molecular formula is C24H25NO4. The van der Waals surface area contributed by atoms with Crippen molar-refractivity contribution in [3.63, 3.8) is 0 Å². The molecule has 5 heteroatoms. The first-order chi connectivity index (χ1) is 13.9. The third kappa shape index (κ3) is 4.62. The highest BCUT2D eigenvalue weighted by atomic mass is 16.5. The summed E-state index contributed by atoms with van der Waals surface area (Å²) in [7, 11) is 0. The minimum Gasteiger partial charge on any atom is -0.466 e. The maximum absolute atomic E-state index is 13.0. The number of ketones is 2. The van der Waals surface area contributed by atoms with Crippen LogP contribution in [0.1, 0.15) is 46.9 Å². The molecule has 1 aromatic heterocycles. The van der Waals surface area contributed by atoms with Gasteiger partial charge in [-0.05, 0) is 38.5 Å². The Bertz CT molecular complexity index is 1060. The second-order valence-corrected chi connectivity index (χ2v) is 7.17. The lowest BCUT2D eigenvalue weighted by molar-refractivity contribution is -0.145. The lowest BCUT2D eigenvalue weighted by atomic mass is 10.0. The molecule has 0 aliphatic carbocycles. The number of nitrogens with zero attached hydrogens (tertiary/aromatic N) is 1. The first kappa shape index (κ1) is 20.5. The predicted molar refractivity (Wildman–Crippen MR) is 112 cm³/mol. The number of aromatic nitrogens is 1. The van der Waals surface area contributed by atoms with Crippen LogP contribution in [-0.4, -0.2) is 28.7 Å². The average molecular weight is 391 g/mol. The molecule has 0 aliphatic heterocycles. The monoisotopic (exact) mass is 391 g/mol. The van der Waals surface area contributed by atoms with Gasteiger partial charge in [0.15, 0.2) is 11.6 Å². The van der Waals surface area contributed by atoms with E-state index in [1.165, 1.54) is 0 Å². The van der Waals surface area contributed by atoms with Gasteiger partial charge >= 0.3 is 5.97 Å². The van der Waals surface area contributed by atoms with Gasteiger partial charge in [-0.3, -0.25) is 14.4 Å². The molecule has 0 unspecified atom stereocenters. The third-order valence-electron chi connectivity index (χ3n) is 4.95. The topological polar surface area (TPSA) is 65.4 Å². The number of aryl methyl sites for hydroxylation is 1. The summed E-state index contributed by atoms with van der Waals surface area (Å²) < 4.78 is 6.91. The standard InChI is InChI=1S/C24H25NO4/c1-4-29-23(28)14-19(26)13-22(27)24-17(3)25(15-18-8-6-5-7-9-18)21-11-10-16(2)12-20(21)24/h5-12H,4,13-15H2,1-3H3. The van der Waals surface area contributed by atoms with E-state index >= 15 is 0 Å². The Labute approximate surface area is 170 Å². The number of Topliss-reactive ketones (excluding diaryl/α,β-unsaturated/α-hetero) is 2. The number of hydrogen-bond donors (Lipinski definition) is 0. The zero-order valence-corrected chi connectivity index (χ0v) is 17.0. The van der Waals surface area contributed by atoms with Gasteiger partial charge in [-0.1, -0.05) is 42.0 Å². The molecule has 0 amide bonds. The number of benzene rings is 2. The van der Waals surface area contributed by atoms with Crippen LogP contribution in [0, 0.1) is 13.8 Å². The minimum atomic E-state index is -0.593. The van der Waals surface area contributed by atoms with E-state index in [4.69, 9.17) is 4.74 Å². The van der Waals surface area contributed by atoms with Crippen LogP contribution in [0.3, 0.4) is 0 Å². The molecule has 0 radical (unpaired) electrons. The van der Waals surface area contributed by atoms with Crippen LogP contribution in [0.4, 0.5) is 0 Å². The fraction of sp³-hybridized carbons (Fsp3) is 0.292. The Hall–Kier alpha value is -3.21. The van der Waals surface area contributed by atoms with Crippen molar-refractivity contribution in [2.24, 2.45) is 0 Å². The average Bonchev–Trinajstić information content (AvgIpc) is 2.93. The Morgan fingerprint density at radius 2 is 1.69 bits per heavy atom. The fourth-order valence-corrected chi connectivity index (χ4v) is 3.62. The van der Waals surface area contributed by atoms with Crippen molar-refractivity contribution in [2.45, 2.75) is 40.2 Å². The SMILES string of the molecule is CCOC(=O)CC(=O)CC(=O)c1c(C)n(Cc2ccccc2)c2ccc(C)cc12. The van der Waals surface area contributed by atoms with Crippen LogP contribution >= 0.6 is 0 Å². The summed E-state index contributed by atoms with van der Waals surface area (Å²) in [6, 6.07) is 16.0. The molecule has 3 rings (SSSR count). The molecule has 1 heterocycles. The summed E-state index contributed by atoms with van der Waals surface area (Å²) in [6.07, 6.45) is -0.682. The van der Waals surface area contributed by atoms with E-state index in [1.54, 1.807) is 6.92 Å². The highest BCUT2D eigenvalue weighted by Crippen LogP contribution is 2.29. The van der Waals surface area contributed by atoms with Gasteiger partial charge in [0.2, 0.25) is 0 Å². The molecular weight excluding hydrogens is 366 g/mol. The number of fused-ring (bicyclic) bond motifs is 1. The number of ether oxygens (including phenoxy) is 1. The van der Waals surface area contributed by atoms with Crippen molar-refractivity contribution in [3.8, 4) is 0 Å². The van der Waals surface area contributed by atoms with Crippen molar-refractivity contribution >= 4 is 28.4 Å². The predicted octanol–water partition coefficient (Wildman–Crippen LogP) is 4.40. The van der Waals surface area contributed by atoms with Crippen molar-refractivity contribution < 1.29 is 19.1 Å². The van der Waals surface area contributed by atoms with Crippen molar-refractivity contribution in [2.75, 3.05) is 6.61 Å². The van der Waals surface area contributed by atoms with Crippen molar-refractivity contribution in [1.29, 1.82) is 0 Å². The van der Waals surface area contributed by atoms with E-state index in [-0.39, 0.29) is 25.2 Å². The van der Waals surface area contributed by atoms with E-state index in [0.717, 1.165) is 27.7 Å². The largest absolute Gasteiger partial charge is 0.466 e. The molecule has 0 spiro atoms. The molecule has 0 saturated heterocycles. The quantitative estimate of drug-likeness (QED) is 0.324. The molecule has 0 bridgehead atoms. The lowest BCUT2D eigenvalue weighted by Crippen LogP contribution is -2.15. The molecule has 5 nitrogen and oxygen atoms in total. The second kappa shape index (κ2) is 8.86. The summed E-state index contributed by atoms with van der Waals surface area (Å²) in [6.45, 7) is 6.41. The molecule has 150 valence electrons. The number of hydrogen-bond acceptors (Lipinski definition) is 4. The molecule has 3 aromatic rings. The maximum atomic E-state index is 13.0. The van der Waals surface area contributed by atoms with E-state index in [9.17, 15) is 14.4 Å². The van der Waals surface area contributed by atoms with Gasteiger partial charge in [0.05, 0.1) is 13.0 Å². The zero-order valence-electron chi connectivity index (χ0n) is 17.0. The van der Waals surface area contributed by atoms with Crippen LogP contribution in [0.15, 0.2) is 48.5 Å². The van der Waals surface area contributed by atoms with Crippen LogP contribution < -0.4 is 0 Å². The molecule has 0 aliphatic rings. The minimum absolute atomic E-state index is 0.214. The molecule has 2 aromatic carbocycles. The van der Waals surface area contributed by atoms with Gasteiger partial charge in [0.25, 0.3) is 0 Å². The lowest BCUT2D eigenvalue weighted by Gasteiger charge is -2.09. The van der Waals surface area contributed by atoms with Gasteiger partial charge in [-0.25, -0.2) is 0 Å². The summed E-state index contributed by atoms with van der Waals surface area (Å²) in [5, 5.41) is 0.840. The Morgan fingerprint density at radius 3 is 2.38 bits per heavy atom. The fourth-order valence-electron chi connectivity index (χ4n) is 3.62. The number of carbonyl (C=O) groups is 3. The number of esters is 1. The van der Waals surface area contributed by atoms with Crippen LogP contribution in [-0.2, 0) is 20.9 Å². The smallest absolute Gasteiger partial charge is 0.313 e. The molecule has 0 N–H and O–H groups in total. The van der Waals surface area contributed by atoms with Crippen molar-refractivity contribution in [1.82, 2.24) is 4.57 Å². The second-order valence-electron chi connectivity index (χ2n) is 7.17. The van der Waals surface area contributed by atoms with Gasteiger partial charge < -0.3 is 9.30 Å². The van der Waals surface area contributed by atoms with Crippen LogP contribution in [0.2, 0.25) is 0 Å². The highest BCUT2D eigenvalue weighted by Gasteiger charge is 2.23. The van der Waals surface area contributed by atoms with E-state index in [1.807, 2.05) is 62.4 Å². The zero-order chi connectivity index (χ0) is 21.0. The van der Waals surface area contributed by atoms with Crippen molar-refractivity contribution in [3.05, 3.63) is 70.9 Å². The van der Waals surface area contributed by atoms with Gasteiger partial charge in [0.1, 0.15) is 6.42 Å². The molecule has 0 fully saturated rings. The Kier molecular flexibility index (Phi) is 6.27. The van der Waals surface area contributed by atoms with Crippen LogP contribution in [0.5, 0.6) is 0 Å². The highest BCUT2D eigenvalue weighted by molar-refractivity contribution is 6.17. The summed E-state index contributed by atoms with van der Waals surface area (Å²) in [4.78, 5) is 36.8. The normalized spacial score (nSPS) is 10.9. The maximum Gasteiger partial charge on any atom is 0.313 e. The first-order valence-corrected chi connectivity index (χ1v) is 9.74. The Morgan fingerprint density at radius 1 is 0.966 bits per heavy atom. The number of carbonyl (C=O) groups excluding carboxylic acids is 3. The summed E-state index contributed by atoms with van der Waals surface area (Å²) >= 11 is 0. The Balaban J connectivity index is 1.95. The molecule has 29 heavy (non-hydrogen) atoms. The third-order valence-corrected chi connectivity index (χ3v) is 4.95. The summed E-state index contributed by atoms with van der Waals surface area (Å²) in [5.74, 6) is -1.28. The summed E-state index contributed by atoms with van der Waals surface area (Å²) in [5.41, 5.74) is 4.50. The van der Waals surface area contributed by atoms with Gasteiger partial charge in [0, 0.05) is 28.7 Å². The van der Waals surface area contributed by atoms with Crippen LogP contribution in [0.25, 0.3) is 10.9 Å². The van der Waals surface area contributed by atoms with E-state index in [2.05, 4.69) is 4.57 Å². The number of rotatable bonds is 8. The van der Waals surface area contributed by atoms with E-state index < -0.39 is 11.8 Å². The molecule has 0 atom stereocenters.